The summed E-state index contributed by atoms with van der Waals surface area (Å²) >= 11 is 0. The van der Waals surface area contributed by atoms with E-state index in [1.807, 2.05) is 18.2 Å². The first-order chi connectivity index (χ1) is 9.79. The monoisotopic (exact) mass is 272 g/mol. The van der Waals surface area contributed by atoms with Crippen LogP contribution in [0.3, 0.4) is 0 Å². The van der Waals surface area contributed by atoms with Crippen molar-refractivity contribution in [2.45, 2.75) is 31.7 Å². The molecule has 0 atom stereocenters. The highest BCUT2D eigenvalue weighted by atomic mass is 19.1. The number of hydrogen-bond acceptors (Lipinski definition) is 2. The lowest BCUT2D eigenvalue weighted by atomic mass is 9.92. The third-order valence-electron chi connectivity index (χ3n) is 3.48. The van der Waals surface area contributed by atoms with E-state index in [-0.39, 0.29) is 18.0 Å². The van der Waals surface area contributed by atoms with Crippen LogP contribution < -0.4 is 4.74 Å². The lowest BCUT2D eigenvalue weighted by Gasteiger charge is -2.35. The van der Waals surface area contributed by atoms with Crippen molar-refractivity contribution >= 4 is 0 Å². The summed E-state index contributed by atoms with van der Waals surface area (Å²) in [6, 6.07) is 16.4. The lowest BCUT2D eigenvalue weighted by molar-refractivity contribution is -0.0684. The van der Waals surface area contributed by atoms with Gasteiger partial charge in [0.2, 0.25) is 0 Å². The molecule has 0 N–H and O–H groups in total. The zero-order valence-electron chi connectivity index (χ0n) is 11.2. The van der Waals surface area contributed by atoms with Crippen LogP contribution in [-0.2, 0) is 11.3 Å². The van der Waals surface area contributed by atoms with Crippen LogP contribution in [0, 0.1) is 5.82 Å². The third-order valence-corrected chi connectivity index (χ3v) is 3.48. The highest BCUT2D eigenvalue weighted by Crippen LogP contribution is 2.29. The van der Waals surface area contributed by atoms with E-state index >= 15 is 0 Å². The summed E-state index contributed by atoms with van der Waals surface area (Å²) in [6.45, 7) is 0.637. The van der Waals surface area contributed by atoms with Gasteiger partial charge in [-0.2, -0.15) is 0 Å². The van der Waals surface area contributed by atoms with E-state index in [0.717, 1.165) is 12.8 Å². The van der Waals surface area contributed by atoms with Crippen molar-refractivity contribution in [3.05, 3.63) is 66.0 Å². The molecule has 0 saturated heterocycles. The zero-order chi connectivity index (χ0) is 13.8. The van der Waals surface area contributed by atoms with Gasteiger partial charge >= 0.3 is 0 Å². The summed E-state index contributed by atoms with van der Waals surface area (Å²) in [7, 11) is 0. The highest BCUT2D eigenvalue weighted by molar-refractivity contribution is 5.23. The zero-order valence-corrected chi connectivity index (χ0v) is 11.2. The molecule has 1 saturated carbocycles. The molecule has 0 bridgehead atoms. The molecular weight excluding hydrogens is 255 g/mol. The number of hydrogen-bond donors (Lipinski definition) is 0. The van der Waals surface area contributed by atoms with Crippen molar-refractivity contribution in [2.24, 2.45) is 0 Å². The van der Waals surface area contributed by atoms with Crippen molar-refractivity contribution in [3.63, 3.8) is 0 Å². The molecule has 1 aliphatic carbocycles. The molecule has 1 aliphatic rings. The fourth-order valence-electron chi connectivity index (χ4n) is 2.27. The molecule has 3 rings (SSSR count). The summed E-state index contributed by atoms with van der Waals surface area (Å²) in [5.74, 6) is 0.329. The third kappa shape index (κ3) is 3.36. The molecule has 0 spiro atoms. The van der Waals surface area contributed by atoms with E-state index < -0.39 is 0 Å². The predicted molar refractivity (Wildman–Crippen MR) is 75.1 cm³/mol. The number of ether oxygens (including phenoxy) is 2. The van der Waals surface area contributed by atoms with Crippen molar-refractivity contribution in [1.82, 2.24) is 0 Å². The maximum absolute atomic E-state index is 13.0. The average Bonchev–Trinajstić information content (AvgIpc) is 2.42. The maximum Gasteiger partial charge on any atom is 0.126 e. The first kappa shape index (κ1) is 13.1. The van der Waals surface area contributed by atoms with Crippen LogP contribution in [0.1, 0.15) is 18.4 Å². The van der Waals surface area contributed by atoms with Crippen LogP contribution in [-0.4, -0.2) is 12.2 Å². The molecule has 2 aromatic rings. The van der Waals surface area contributed by atoms with Gasteiger partial charge in [0.1, 0.15) is 17.7 Å². The van der Waals surface area contributed by atoms with Gasteiger partial charge in [0, 0.05) is 18.9 Å². The Morgan fingerprint density at radius 1 is 0.950 bits per heavy atom. The fraction of sp³-hybridized carbons (Fsp3) is 0.294. The number of halogens is 1. The molecule has 1 fully saturated rings. The summed E-state index contributed by atoms with van der Waals surface area (Å²) in [4.78, 5) is 0. The van der Waals surface area contributed by atoms with E-state index in [2.05, 4.69) is 12.1 Å². The minimum atomic E-state index is -0.265. The Morgan fingerprint density at radius 2 is 1.75 bits per heavy atom. The molecule has 3 heteroatoms. The Bertz CT molecular complexity index is 550. The molecule has 0 heterocycles. The Balaban J connectivity index is 1.41. The molecular formula is C17H17FO2. The standard InChI is InChI=1S/C17H17FO2/c18-14-7-4-8-15(9-14)20-17-10-16(11-17)19-12-13-5-2-1-3-6-13/h1-9,16-17H,10-12H2/t16-,17+. The van der Waals surface area contributed by atoms with Crippen LogP contribution in [0.2, 0.25) is 0 Å². The van der Waals surface area contributed by atoms with Gasteiger partial charge in [0.05, 0.1) is 12.7 Å². The van der Waals surface area contributed by atoms with E-state index in [1.54, 1.807) is 12.1 Å². The van der Waals surface area contributed by atoms with Crippen molar-refractivity contribution < 1.29 is 13.9 Å². The Labute approximate surface area is 118 Å². The summed E-state index contributed by atoms with van der Waals surface area (Å²) in [6.07, 6.45) is 2.11. The summed E-state index contributed by atoms with van der Waals surface area (Å²) in [5, 5.41) is 0. The molecule has 2 aromatic carbocycles. The largest absolute Gasteiger partial charge is 0.490 e. The van der Waals surface area contributed by atoms with Gasteiger partial charge in [0.15, 0.2) is 0 Å². The van der Waals surface area contributed by atoms with Gasteiger partial charge in [-0.3, -0.25) is 0 Å². The first-order valence-electron chi connectivity index (χ1n) is 6.87. The minimum absolute atomic E-state index is 0.137. The topological polar surface area (TPSA) is 18.5 Å². The van der Waals surface area contributed by atoms with Gasteiger partial charge in [0.25, 0.3) is 0 Å². The van der Waals surface area contributed by atoms with E-state index in [4.69, 9.17) is 9.47 Å². The number of rotatable bonds is 5. The molecule has 0 aliphatic heterocycles. The fourth-order valence-corrected chi connectivity index (χ4v) is 2.27. The van der Waals surface area contributed by atoms with Crippen molar-refractivity contribution in [3.8, 4) is 5.75 Å². The van der Waals surface area contributed by atoms with E-state index in [0.29, 0.717) is 12.4 Å². The minimum Gasteiger partial charge on any atom is -0.490 e. The molecule has 20 heavy (non-hydrogen) atoms. The molecule has 2 nitrogen and oxygen atoms in total. The SMILES string of the molecule is Fc1cccc(O[C@H]2C[C@@H](OCc3ccccc3)C2)c1. The Kier molecular flexibility index (Phi) is 3.97. The maximum atomic E-state index is 13.0. The van der Waals surface area contributed by atoms with E-state index in [1.165, 1.54) is 17.7 Å². The van der Waals surface area contributed by atoms with Gasteiger partial charge in [-0.25, -0.2) is 4.39 Å². The van der Waals surface area contributed by atoms with Gasteiger partial charge < -0.3 is 9.47 Å². The van der Waals surface area contributed by atoms with Gasteiger partial charge in [-0.1, -0.05) is 36.4 Å². The first-order valence-corrected chi connectivity index (χ1v) is 6.87. The smallest absolute Gasteiger partial charge is 0.126 e. The Hall–Kier alpha value is -1.87. The average molecular weight is 272 g/mol. The number of benzene rings is 2. The van der Waals surface area contributed by atoms with Gasteiger partial charge in [-0.05, 0) is 17.7 Å². The van der Waals surface area contributed by atoms with Crippen LogP contribution in [0.4, 0.5) is 4.39 Å². The van der Waals surface area contributed by atoms with Crippen molar-refractivity contribution in [1.29, 1.82) is 0 Å². The Morgan fingerprint density at radius 3 is 2.50 bits per heavy atom. The van der Waals surface area contributed by atoms with E-state index in [9.17, 15) is 4.39 Å². The summed E-state index contributed by atoms with van der Waals surface area (Å²) in [5.41, 5.74) is 1.18. The summed E-state index contributed by atoms with van der Waals surface area (Å²) < 4.78 is 24.5. The van der Waals surface area contributed by atoms with Crippen LogP contribution in [0.5, 0.6) is 5.75 Å². The second-order valence-electron chi connectivity index (χ2n) is 5.09. The second-order valence-corrected chi connectivity index (χ2v) is 5.09. The predicted octanol–water partition coefficient (Wildman–Crippen LogP) is 3.95. The van der Waals surface area contributed by atoms with Crippen LogP contribution in [0.15, 0.2) is 54.6 Å². The normalized spacial score (nSPS) is 21.2. The van der Waals surface area contributed by atoms with Crippen LogP contribution >= 0.6 is 0 Å². The van der Waals surface area contributed by atoms with Gasteiger partial charge in [-0.15, -0.1) is 0 Å². The second kappa shape index (κ2) is 6.06. The lowest BCUT2D eigenvalue weighted by Crippen LogP contribution is -2.39. The highest BCUT2D eigenvalue weighted by Gasteiger charge is 2.31. The molecule has 0 radical (unpaired) electrons. The molecule has 0 amide bonds. The molecule has 0 unspecified atom stereocenters. The molecule has 104 valence electrons. The molecule has 0 aromatic heterocycles. The van der Waals surface area contributed by atoms with Crippen LogP contribution in [0.25, 0.3) is 0 Å². The quantitative estimate of drug-likeness (QED) is 0.820. The van der Waals surface area contributed by atoms with Crippen molar-refractivity contribution in [2.75, 3.05) is 0 Å².